The lowest BCUT2D eigenvalue weighted by molar-refractivity contribution is 0.169. The highest BCUT2D eigenvalue weighted by Crippen LogP contribution is 2.27. The molecule has 14 heavy (non-hydrogen) atoms. The number of halogens is 2. The van der Waals surface area contributed by atoms with Crippen molar-refractivity contribution in [3.8, 4) is 0 Å². The van der Waals surface area contributed by atoms with Gasteiger partial charge in [0.25, 0.3) is 0 Å². The Bertz CT molecular complexity index is 256. The Morgan fingerprint density at radius 1 is 1.43 bits per heavy atom. The van der Waals surface area contributed by atoms with Gasteiger partial charge in [0.05, 0.1) is 6.10 Å². The van der Waals surface area contributed by atoms with Gasteiger partial charge < -0.3 is 5.11 Å². The minimum atomic E-state index is -0.807. The van der Waals surface area contributed by atoms with E-state index < -0.39 is 11.9 Å². The predicted octanol–water partition coefficient (Wildman–Crippen LogP) is 3.95. The van der Waals surface area contributed by atoms with Crippen LogP contribution in [0.25, 0.3) is 0 Å². The summed E-state index contributed by atoms with van der Waals surface area (Å²) in [6, 6.07) is 4.38. The van der Waals surface area contributed by atoms with E-state index in [0.717, 1.165) is 0 Å². The van der Waals surface area contributed by atoms with Crippen LogP contribution in [0.2, 0.25) is 5.02 Å². The van der Waals surface area contributed by atoms with E-state index in [4.69, 9.17) is 11.6 Å². The van der Waals surface area contributed by atoms with Crippen molar-refractivity contribution in [2.24, 2.45) is 0 Å². The molecule has 0 saturated carbocycles. The first-order chi connectivity index (χ1) is 6.66. The molecule has 0 radical (unpaired) electrons. The summed E-state index contributed by atoms with van der Waals surface area (Å²) in [6.45, 7) is 5.77. The van der Waals surface area contributed by atoms with Crippen molar-refractivity contribution in [1.82, 2.24) is 0 Å². The number of rotatable bonds is 2. The average Bonchev–Trinajstić information content (AvgIpc) is 2.20. The van der Waals surface area contributed by atoms with Crippen LogP contribution >= 0.6 is 11.6 Å². The molecule has 0 aromatic heterocycles. The van der Waals surface area contributed by atoms with Crippen LogP contribution in [0.5, 0.6) is 0 Å². The van der Waals surface area contributed by atoms with Crippen molar-refractivity contribution in [2.45, 2.75) is 33.3 Å². The Labute approximate surface area is 89.5 Å². The summed E-state index contributed by atoms with van der Waals surface area (Å²) in [7, 11) is 0. The first-order valence-electron chi connectivity index (χ1n) is 4.78. The van der Waals surface area contributed by atoms with Crippen molar-refractivity contribution < 1.29 is 9.50 Å². The molecular formula is C11H16ClFO. The Morgan fingerprint density at radius 3 is 2.43 bits per heavy atom. The van der Waals surface area contributed by atoms with E-state index in [-0.39, 0.29) is 10.6 Å². The van der Waals surface area contributed by atoms with Gasteiger partial charge in [-0.2, -0.15) is 0 Å². The Hall–Kier alpha value is -0.600. The molecule has 0 aliphatic carbocycles. The second-order valence-electron chi connectivity index (χ2n) is 2.56. The van der Waals surface area contributed by atoms with Gasteiger partial charge >= 0.3 is 0 Å². The van der Waals surface area contributed by atoms with Crippen LogP contribution in [0, 0.1) is 5.82 Å². The third kappa shape index (κ3) is 3.28. The van der Waals surface area contributed by atoms with E-state index in [1.54, 1.807) is 13.0 Å². The molecule has 0 amide bonds. The van der Waals surface area contributed by atoms with E-state index in [1.165, 1.54) is 12.1 Å². The summed E-state index contributed by atoms with van der Waals surface area (Å²) < 4.78 is 13.0. The predicted molar refractivity (Wildman–Crippen MR) is 58.0 cm³/mol. The molecule has 1 nitrogen and oxygen atoms in total. The van der Waals surface area contributed by atoms with Crippen molar-refractivity contribution >= 4 is 11.6 Å². The van der Waals surface area contributed by atoms with Gasteiger partial charge in [-0.25, -0.2) is 4.39 Å². The fourth-order valence-corrected chi connectivity index (χ4v) is 1.32. The molecule has 1 aromatic carbocycles. The second-order valence-corrected chi connectivity index (χ2v) is 2.97. The highest BCUT2D eigenvalue weighted by atomic mass is 35.5. The molecule has 1 aromatic rings. The van der Waals surface area contributed by atoms with Gasteiger partial charge in [0, 0.05) is 10.6 Å². The van der Waals surface area contributed by atoms with Crippen molar-refractivity contribution in [3.63, 3.8) is 0 Å². The summed E-state index contributed by atoms with van der Waals surface area (Å²) in [5.74, 6) is -0.447. The Morgan fingerprint density at radius 2 is 2.00 bits per heavy atom. The number of aliphatic hydroxyl groups excluding tert-OH is 1. The van der Waals surface area contributed by atoms with Crippen LogP contribution in [0.15, 0.2) is 18.2 Å². The first kappa shape index (κ1) is 13.4. The van der Waals surface area contributed by atoms with Crippen LogP contribution in [0.3, 0.4) is 0 Å². The van der Waals surface area contributed by atoms with Gasteiger partial charge in [0.15, 0.2) is 0 Å². The lowest BCUT2D eigenvalue weighted by Gasteiger charge is -2.10. The zero-order chi connectivity index (χ0) is 11.1. The summed E-state index contributed by atoms with van der Waals surface area (Å²) in [5.41, 5.74) is 0.196. The summed E-state index contributed by atoms with van der Waals surface area (Å²) in [4.78, 5) is 0. The Kier molecular flexibility index (Phi) is 6.50. The van der Waals surface area contributed by atoms with Crippen LogP contribution in [0.1, 0.15) is 38.9 Å². The van der Waals surface area contributed by atoms with Crippen LogP contribution in [-0.4, -0.2) is 5.11 Å². The van der Waals surface area contributed by atoms with E-state index >= 15 is 0 Å². The highest BCUT2D eigenvalue weighted by Gasteiger charge is 2.13. The van der Waals surface area contributed by atoms with E-state index in [1.807, 2.05) is 13.8 Å². The minimum absolute atomic E-state index is 0.196. The number of hydrogen-bond donors (Lipinski definition) is 1. The third-order valence-electron chi connectivity index (χ3n) is 1.72. The largest absolute Gasteiger partial charge is 0.388 e. The SMILES string of the molecule is CC.CCC(O)c1c(F)cccc1Cl. The molecule has 0 spiro atoms. The van der Waals surface area contributed by atoms with Gasteiger partial charge in [-0.15, -0.1) is 0 Å². The molecule has 0 aliphatic heterocycles. The maximum atomic E-state index is 13.0. The molecule has 0 aliphatic rings. The maximum absolute atomic E-state index is 13.0. The minimum Gasteiger partial charge on any atom is -0.388 e. The molecule has 1 N–H and O–H groups in total. The summed E-state index contributed by atoms with van der Waals surface area (Å²) in [5, 5.41) is 9.65. The topological polar surface area (TPSA) is 20.2 Å². The standard InChI is InChI=1S/C9H10ClFO.C2H6/c1-2-8(12)9-6(10)4-3-5-7(9)11;1-2/h3-5,8,12H,2H2,1H3;1-2H3. The molecule has 0 heterocycles. The van der Waals surface area contributed by atoms with E-state index in [0.29, 0.717) is 6.42 Å². The van der Waals surface area contributed by atoms with Gasteiger partial charge in [-0.3, -0.25) is 0 Å². The average molecular weight is 219 g/mol. The normalized spacial score (nSPS) is 11.6. The van der Waals surface area contributed by atoms with E-state index in [9.17, 15) is 9.50 Å². The van der Waals surface area contributed by atoms with Crippen LogP contribution < -0.4 is 0 Å². The van der Waals surface area contributed by atoms with E-state index in [2.05, 4.69) is 0 Å². The molecule has 0 bridgehead atoms. The second kappa shape index (κ2) is 6.80. The van der Waals surface area contributed by atoms with Crippen molar-refractivity contribution in [3.05, 3.63) is 34.6 Å². The van der Waals surface area contributed by atoms with Crippen LogP contribution in [0.4, 0.5) is 4.39 Å². The van der Waals surface area contributed by atoms with Crippen molar-refractivity contribution in [1.29, 1.82) is 0 Å². The van der Waals surface area contributed by atoms with Gasteiger partial charge in [-0.1, -0.05) is 38.4 Å². The highest BCUT2D eigenvalue weighted by molar-refractivity contribution is 6.31. The quantitative estimate of drug-likeness (QED) is 0.797. The molecule has 1 rings (SSSR count). The smallest absolute Gasteiger partial charge is 0.130 e. The van der Waals surface area contributed by atoms with Crippen molar-refractivity contribution in [2.75, 3.05) is 0 Å². The van der Waals surface area contributed by atoms with Gasteiger partial charge in [0.2, 0.25) is 0 Å². The summed E-state index contributed by atoms with van der Waals surface area (Å²) >= 11 is 5.70. The molecule has 1 atom stereocenters. The number of benzene rings is 1. The third-order valence-corrected chi connectivity index (χ3v) is 2.05. The fourth-order valence-electron chi connectivity index (χ4n) is 1.03. The number of aliphatic hydroxyl groups is 1. The lowest BCUT2D eigenvalue weighted by atomic mass is 10.1. The lowest BCUT2D eigenvalue weighted by Crippen LogP contribution is -1.99. The van der Waals surface area contributed by atoms with Gasteiger partial charge in [0.1, 0.15) is 5.82 Å². The molecule has 0 saturated heterocycles. The molecule has 0 fully saturated rings. The monoisotopic (exact) mass is 218 g/mol. The molecular weight excluding hydrogens is 203 g/mol. The number of hydrogen-bond acceptors (Lipinski definition) is 1. The summed E-state index contributed by atoms with van der Waals surface area (Å²) in [6.07, 6.45) is -0.348. The fraction of sp³-hybridized carbons (Fsp3) is 0.455. The first-order valence-corrected chi connectivity index (χ1v) is 5.16. The molecule has 80 valence electrons. The zero-order valence-electron chi connectivity index (χ0n) is 8.72. The Balaban J connectivity index is 0.000000791. The van der Waals surface area contributed by atoms with Gasteiger partial charge in [-0.05, 0) is 18.6 Å². The molecule has 3 heteroatoms. The zero-order valence-corrected chi connectivity index (χ0v) is 9.48. The molecule has 1 unspecified atom stereocenters. The van der Waals surface area contributed by atoms with Crippen LogP contribution in [-0.2, 0) is 0 Å². The maximum Gasteiger partial charge on any atom is 0.130 e.